The molecule has 0 atom stereocenters. The average Bonchev–Trinajstić information content (AvgIpc) is 3.67. The van der Waals surface area contributed by atoms with Gasteiger partial charge < -0.3 is 4.42 Å². The third kappa shape index (κ3) is 3.61. The first-order valence-electron chi connectivity index (χ1n) is 15.5. The maximum absolute atomic E-state index is 6.76. The van der Waals surface area contributed by atoms with Crippen LogP contribution in [-0.4, -0.2) is 14.5 Å². The minimum absolute atomic E-state index is 0.628. The highest BCUT2D eigenvalue weighted by Gasteiger charge is 2.22. The second-order valence-electron chi connectivity index (χ2n) is 11.8. The molecular weight excluding hydrogens is 562 g/mol. The Balaban J connectivity index is 1.36. The van der Waals surface area contributed by atoms with Gasteiger partial charge in [-0.05, 0) is 52.2 Å². The largest absolute Gasteiger partial charge is 0.455 e. The van der Waals surface area contributed by atoms with Crippen molar-refractivity contribution in [2.75, 3.05) is 0 Å². The van der Waals surface area contributed by atoms with Gasteiger partial charge in [0.2, 0.25) is 5.95 Å². The van der Waals surface area contributed by atoms with Gasteiger partial charge >= 0.3 is 0 Å². The maximum atomic E-state index is 6.76. The molecule has 0 saturated carbocycles. The van der Waals surface area contributed by atoms with Crippen LogP contribution in [-0.2, 0) is 0 Å². The van der Waals surface area contributed by atoms with E-state index in [1.54, 1.807) is 0 Å². The van der Waals surface area contributed by atoms with Crippen LogP contribution in [0.1, 0.15) is 0 Å². The highest BCUT2D eigenvalue weighted by Crippen LogP contribution is 2.43. The fraction of sp³-hybridized carbons (Fsp3) is 0. The number of rotatable bonds is 3. The molecule has 0 aliphatic heterocycles. The Morgan fingerprint density at radius 3 is 2.02 bits per heavy atom. The Labute approximate surface area is 263 Å². The van der Waals surface area contributed by atoms with Crippen LogP contribution in [0.5, 0.6) is 0 Å². The van der Waals surface area contributed by atoms with Gasteiger partial charge in [-0.25, -0.2) is 9.97 Å². The lowest BCUT2D eigenvalue weighted by Crippen LogP contribution is -2.03. The summed E-state index contributed by atoms with van der Waals surface area (Å²) in [4.78, 5) is 10.5. The van der Waals surface area contributed by atoms with E-state index < -0.39 is 0 Å². The first kappa shape index (κ1) is 25.1. The Bertz CT molecular complexity index is 2790. The van der Waals surface area contributed by atoms with Crippen LogP contribution in [0.15, 0.2) is 156 Å². The molecule has 10 aromatic rings. The smallest absolute Gasteiger partial charge is 0.235 e. The lowest BCUT2D eigenvalue weighted by atomic mass is 10.0. The van der Waals surface area contributed by atoms with Gasteiger partial charge in [0.15, 0.2) is 0 Å². The summed E-state index contributed by atoms with van der Waals surface area (Å²) in [5.74, 6) is 0.628. The average molecular weight is 588 g/mol. The van der Waals surface area contributed by atoms with E-state index >= 15 is 0 Å². The van der Waals surface area contributed by atoms with Gasteiger partial charge in [0, 0.05) is 27.1 Å². The zero-order chi connectivity index (χ0) is 30.2. The van der Waals surface area contributed by atoms with E-state index in [1.165, 1.54) is 10.8 Å². The van der Waals surface area contributed by atoms with Crippen molar-refractivity contribution in [1.29, 1.82) is 0 Å². The molecule has 0 aliphatic rings. The molecule has 0 spiro atoms. The molecule has 214 valence electrons. The van der Waals surface area contributed by atoms with Gasteiger partial charge in [0.25, 0.3) is 0 Å². The summed E-state index contributed by atoms with van der Waals surface area (Å²) in [5, 5.41) is 7.83. The molecule has 4 nitrogen and oxygen atoms in total. The summed E-state index contributed by atoms with van der Waals surface area (Å²) in [6.07, 6.45) is 0. The first-order chi connectivity index (χ1) is 22.8. The molecule has 0 saturated heterocycles. The SMILES string of the molecule is c1ccc(-c2ccc3c4c5oc6ccc7ccccc7c6c5ccc4n(-c4nc(-c5ccccc5)c5ccccc5n4)c3c2)cc1. The zero-order valence-electron chi connectivity index (χ0n) is 24.7. The van der Waals surface area contributed by atoms with Gasteiger partial charge in [0.1, 0.15) is 11.2 Å². The van der Waals surface area contributed by atoms with Gasteiger partial charge in [-0.1, -0.05) is 121 Å². The van der Waals surface area contributed by atoms with Gasteiger partial charge in [-0.2, -0.15) is 0 Å². The van der Waals surface area contributed by atoms with Crippen molar-refractivity contribution in [2.24, 2.45) is 0 Å². The lowest BCUT2D eigenvalue weighted by Gasteiger charge is -2.12. The van der Waals surface area contributed by atoms with Crippen LogP contribution in [0.3, 0.4) is 0 Å². The molecule has 0 N–H and O–H groups in total. The predicted octanol–water partition coefficient (Wildman–Crippen LogP) is 11.1. The van der Waals surface area contributed by atoms with Gasteiger partial charge in [-0.15, -0.1) is 0 Å². The third-order valence-electron chi connectivity index (χ3n) is 9.20. The minimum atomic E-state index is 0.628. The van der Waals surface area contributed by atoms with Gasteiger partial charge in [-0.3, -0.25) is 4.57 Å². The fourth-order valence-corrected chi connectivity index (χ4v) is 7.11. The second kappa shape index (κ2) is 9.62. The van der Waals surface area contributed by atoms with Crippen LogP contribution in [0.4, 0.5) is 0 Å². The Morgan fingerprint density at radius 2 is 1.17 bits per heavy atom. The number of para-hydroxylation sites is 1. The number of aromatic nitrogens is 3. The molecule has 3 aromatic heterocycles. The quantitative estimate of drug-likeness (QED) is 0.207. The van der Waals surface area contributed by atoms with Crippen molar-refractivity contribution in [3.63, 3.8) is 0 Å². The summed E-state index contributed by atoms with van der Waals surface area (Å²) in [5.41, 5.74) is 8.96. The summed E-state index contributed by atoms with van der Waals surface area (Å²) in [6, 6.07) is 53.0. The molecule has 10 rings (SSSR count). The molecule has 0 fully saturated rings. The van der Waals surface area contributed by atoms with Gasteiger partial charge in [0.05, 0.1) is 27.6 Å². The highest BCUT2D eigenvalue weighted by atomic mass is 16.3. The Kier molecular flexibility index (Phi) is 5.25. The van der Waals surface area contributed by atoms with Crippen molar-refractivity contribution in [3.8, 4) is 28.3 Å². The number of hydrogen-bond acceptors (Lipinski definition) is 3. The van der Waals surface area contributed by atoms with E-state index in [0.717, 1.165) is 77.0 Å². The van der Waals surface area contributed by atoms with Crippen LogP contribution >= 0.6 is 0 Å². The van der Waals surface area contributed by atoms with E-state index in [0.29, 0.717) is 5.95 Å². The van der Waals surface area contributed by atoms with E-state index in [-0.39, 0.29) is 0 Å². The summed E-state index contributed by atoms with van der Waals surface area (Å²) in [6.45, 7) is 0. The molecule has 0 amide bonds. The normalized spacial score (nSPS) is 11.9. The van der Waals surface area contributed by atoms with Crippen molar-refractivity contribution < 1.29 is 4.42 Å². The summed E-state index contributed by atoms with van der Waals surface area (Å²) in [7, 11) is 0. The van der Waals surface area contributed by atoms with Crippen LogP contribution in [0, 0.1) is 0 Å². The molecule has 0 aliphatic carbocycles. The molecule has 7 aromatic carbocycles. The lowest BCUT2D eigenvalue weighted by molar-refractivity contribution is 0.673. The van der Waals surface area contributed by atoms with Crippen molar-refractivity contribution >= 4 is 65.4 Å². The number of fused-ring (bicyclic) bond motifs is 10. The van der Waals surface area contributed by atoms with Crippen molar-refractivity contribution in [2.45, 2.75) is 0 Å². The van der Waals surface area contributed by atoms with Crippen LogP contribution in [0.25, 0.3) is 93.8 Å². The molecular formula is C42H25N3O. The van der Waals surface area contributed by atoms with E-state index in [1.807, 2.05) is 18.2 Å². The molecule has 0 bridgehead atoms. The molecule has 46 heavy (non-hydrogen) atoms. The van der Waals surface area contributed by atoms with E-state index in [9.17, 15) is 0 Å². The maximum Gasteiger partial charge on any atom is 0.235 e. The second-order valence-corrected chi connectivity index (χ2v) is 11.8. The van der Waals surface area contributed by atoms with Crippen molar-refractivity contribution in [1.82, 2.24) is 14.5 Å². The molecule has 3 heterocycles. The Hall–Kier alpha value is -6.26. The number of nitrogens with zero attached hydrogens (tertiary/aromatic N) is 3. The van der Waals surface area contributed by atoms with E-state index in [4.69, 9.17) is 14.4 Å². The first-order valence-corrected chi connectivity index (χ1v) is 15.5. The standard InChI is InChI=1S/C42H25N3O/c1-3-11-26(12-4-1)29-19-21-32-36(25-29)45(42-43-34-18-10-9-17-31(34)40(44-42)28-14-5-2-6-15-28)35-23-22-33-38-30-16-8-7-13-27(30)20-24-37(38)46-41(33)39(32)35/h1-25H. The minimum Gasteiger partial charge on any atom is -0.455 e. The predicted molar refractivity (Wildman–Crippen MR) is 190 cm³/mol. The molecule has 4 heteroatoms. The topological polar surface area (TPSA) is 43.9 Å². The molecule has 0 unspecified atom stereocenters. The summed E-state index contributed by atoms with van der Waals surface area (Å²) < 4.78 is 8.96. The molecule has 0 radical (unpaired) electrons. The monoisotopic (exact) mass is 587 g/mol. The fourth-order valence-electron chi connectivity index (χ4n) is 7.11. The third-order valence-corrected chi connectivity index (χ3v) is 9.20. The summed E-state index contributed by atoms with van der Waals surface area (Å²) >= 11 is 0. The Morgan fingerprint density at radius 1 is 0.457 bits per heavy atom. The van der Waals surface area contributed by atoms with E-state index in [2.05, 4.69) is 138 Å². The zero-order valence-corrected chi connectivity index (χ0v) is 24.7. The van der Waals surface area contributed by atoms with Crippen LogP contribution in [0.2, 0.25) is 0 Å². The number of benzene rings is 7. The van der Waals surface area contributed by atoms with Crippen LogP contribution < -0.4 is 0 Å². The van der Waals surface area contributed by atoms with Crippen molar-refractivity contribution in [3.05, 3.63) is 152 Å². The number of furan rings is 1. The number of hydrogen-bond donors (Lipinski definition) is 0. The highest BCUT2D eigenvalue weighted by molar-refractivity contribution is 6.27.